The van der Waals surface area contributed by atoms with Crippen LogP contribution >= 0.6 is 23.2 Å². The van der Waals surface area contributed by atoms with Gasteiger partial charge in [0.2, 0.25) is 0 Å². The lowest BCUT2D eigenvalue weighted by Crippen LogP contribution is -2.31. The fourth-order valence-electron chi connectivity index (χ4n) is 8.84. The van der Waals surface area contributed by atoms with Crippen LogP contribution in [0.2, 0.25) is 10.0 Å². The third-order valence-electron chi connectivity index (χ3n) is 13.3. The van der Waals surface area contributed by atoms with Crippen molar-refractivity contribution in [2.24, 2.45) is 11.5 Å². The molecule has 97 heavy (non-hydrogen) atoms. The number of phenols is 4. The van der Waals surface area contributed by atoms with Crippen molar-refractivity contribution >= 4 is 110 Å². The molecule has 0 radical (unpaired) electrons. The van der Waals surface area contributed by atoms with E-state index in [2.05, 4.69) is 21.3 Å². The maximum atomic E-state index is 12.8. The van der Waals surface area contributed by atoms with Gasteiger partial charge in [-0.15, -0.1) is 0 Å². The fourth-order valence-corrected chi connectivity index (χ4v) is 9.19. The van der Waals surface area contributed by atoms with E-state index in [0.717, 1.165) is 94.4 Å². The van der Waals surface area contributed by atoms with Crippen molar-refractivity contribution in [3.8, 4) is 51.0 Å². The zero-order chi connectivity index (χ0) is 70.7. The van der Waals surface area contributed by atoms with Crippen LogP contribution in [0.1, 0.15) is 5.56 Å². The second kappa shape index (κ2) is 32.4. The molecule has 0 aliphatic heterocycles. The molecule has 0 heterocycles. The number of amides is 8. The monoisotopic (exact) mass is 1370 g/mol. The number of nitrogens with zero attached hydrogens (tertiary/aromatic N) is 5. The molecule has 0 atom stereocenters. The van der Waals surface area contributed by atoms with E-state index in [9.17, 15) is 83.1 Å². The highest BCUT2D eigenvalue weighted by molar-refractivity contribution is 6.44. The Hall–Kier alpha value is -13.2. The van der Waals surface area contributed by atoms with Gasteiger partial charge < -0.3 is 57.9 Å². The molecule has 8 amide bonds. The van der Waals surface area contributed by atoms with E-state index >= 15 is 0 Å². The number of para-hydroxylation sites is 4. The van der Waals surface area contributed by atoms with Crippen molar-refractivity contribution in [3.63, 3.8) is 0 Å². The van der Waals surface area contributed by atoms with E-state index in [-0.39, 0.29) is 62.1 Å². The van der Waals surface area contributed by atoms with E-state index in [1.54, 1.807) is 72.8 Å². The van der Waals surface area contributed by atoms with Crippen molar-refractivity contribution in [1.82, 2.24) is 0 Å². The molecule has 0 aliphatic rings. The molecule has 0 saturated carbocycles. The van der Waals surface area contributed by atoms with Crippen molar-refractivity contribution in [1.29, 1.82) is 0 Å². The van der Waals surface area contributed by atoms with E-state index in [1.807, 2.05) is 72.8 Å². The number of methoxy groups -OCH3 is 1. The van der Waals surface area contributed by atoms with Gasteiger partial charge in [-0.1, -0.05) is 138 Å². The van der Waals surface area contributed by atoms with Gasteiger partial charge in [0.05, 0.1) is 83.0 Å². The van der Waals surface area contributed by atoms with Crippen LogP contribution < -0.4 is 47.3 Å². The number of hydrogen-bond donors (Lipinski definition) is 10. The standard InChI is InChI=1S/C19H14Cl2N2O2.C19H15N3O4.C14H10F3N3O4.C14H13N3O5/c20-14-9-5-10-15(17(14)21)22-19(25)23-16-11-4-8-13(18(16)24)12-6-2-1-3-7-12;23-18-11-10-14(22(25)26)12-17(18)21-19(24)20-16-9-5-4-8-15(16)13-6-2-1-3-7-13;15-14(16,17)8-2-1-3-9(6-8)19(13(18)22)11-7-10(20(23)24)4-5-12(11)21;1-22-13-5-3-2-4-10(13)16(14(15)19)11-8-9(17(20)21)6-7-12(11)18/h1-11,24H,(H2,22,23,25);1-12,23H,(H2,20,21,24);1-7,21H,(H2,18,22);2-8,18H,1H3,(H2,15,19). The molecule has 496 valence electrons. The smallest absolute Gasteiger partial charge is 0.416 e. The Morgan fingerprint density at radius 3 is 1.45 bits per heavy atom. The average Bonchev–Trinajstić information content (AvgIpc) is 0.809. The molecule has 0 fully saturated rings. The van der Waals surface area contributed by atoms with E-state index < -0.39 is 67.8 Å². The predicted octanol–water partition coefficient (Wildman–Crippen LogP) is 16.7. The Morgan fingerprint density at radius 1 is 0.464 bits per heavy atom. The number of halogens is 5. The topological polar surface area (TPSA) is 394 Å². The molecule has 10 aromatic carbocycles. The van der Waals surface area contributed by atoms with Crippen LogP contribution in [0.3, 0.4) is 0 Å². The third kappa shape index (κ3) is 18.8. The van der Waals surface area contributed by atoms with E-state index in [4.69, 9.17) is 39.4 Å². The number of rotatable bonds is 14. The van der Waals surface area contributed by atoms with E-state index in [0.29, 0.717) is 38.7 Å². The van der Waals surface area contributed by atoms with Gasteiger partial charge in [0, 0.05) is 47.5 Å². The minimum absolute atomic E-state index is 0.0129. The highest BCUT2D eigenvalue weighted by Crippen LogP contribution is 2.42. The van der Waals surface area contributed by atoms with Gasteiger partial charge in [-0.25, -0.2) is 19.2 Å². The molecule has 0 aliphatic carbocycles. The Balaban J connectivity index is 0.000000183. The number of primary amides is 2. The molecule has 0 saturated heterocycles. The number of nitro benzene ring substituents is 3. The van der Waals surface area contributed by atoms with Gasteiger partial charge in [-0.05, 0) is 83.9 Å². The number of aromatic hydroxyl groups is 4. The summed E-state index contributed by atoms with van der Waals surface area (Å²) < 4.78 is 43.6. The lowest BCUT2D eigenvalue weighted by atomic mass is 10.0. The van der Waals surface area contributed by atoms with Gasteiger partial charge in [0.1, 0.15) is 28.7 Å². The van der Waals surface area contributed by atoms with E-state index in [1.165, 1.54) is 7.11 Å². The number of anilines is 8. The summed E-state index contributed by atoms with van der Waals surface area (Å²) in [5.74, 6) is -0.831. The Labute approximate surface area is 557 Å². The van der Waals surface area contributed by atoms with Gasteiger partial charge in [-0.3, -0.25) is 40.1 Å². The second-order valence-electron chi connectivity index (χ2n) is 19.6. The number of hydrogen-bond acceptors (Lipinski definition) is 15. The maximum Gasteiger partial charge on any atom is 0.416 e. The molecular formula is C66H52Cl2F3N11O15. The number of nitrogens with two attached hydrogens (primary N) is 2. The molecule has 10 rings (SSSR count). The summed E-state index contributed by atoms with van der Waals surface area (Å²) >= 11 is 12.0. The number of benzene rings is 10. The first-order valence-corrected chi connectivity index (χ1v) is 28.5. The largest absolute Gasteiger partial charge is 0.506 e. The Morgan fingerprint density at radius 2 is 0.897 bits per heavy atom. The summed E-state index contributed by atoms with van der Waals surface area (Å²) in [7, 11) is 1.41. The average molecular weight is 1370 g/mol. The highest BCUT2D eigenvalue weighted by Gasteiger charge is 2.32. The third-order valence-corrected chi connectivity index (χ3v) is 14.1. The number of ether oxygens (including phenoxy) is 1. The van der Waals surface area contributed by atoms with Crippen molar-refractivity contribution in [2.75, 3.05) is 38.2 Å². The lowest BCUT2D eigenvalue weighted by Gasteiger charge is -2.23. The normalized spacial score (nSPS) is 10.4. The van der Waals surface area contributed by atoms with Crippen LogP contribution in [0.15, 0.2) is 224 Å². The zero-order valence-corrected chi connectivity index (χ0v) is 51.4. The first kappa shape index (κ1) is 71.3. The van der Waals surface area contributed by atoms with Gasteiger partial charge >= 0.3 is 30.3 Å². The second-order valence-corrected chi connectivity index (χ2v) is 20.4. The number of nitro groups is 3. The van der Waals surface area contributed by atoms with Gasteiger partial charge in [0.15, 0.2) is 0 Å². The number of alkyl halides is 3. The summed E-state index contributed by atoms with van der Waals surface area (Å²) in [6, 6.07) is 52.6. The SMILES string of the molecule is COc1ccccc1N(C(N)=O)c1cc([N+](=O)[O-])ccc1O.NC(=O)N(c1cccc(C(F)(F)F)c1)c1cc([N+](=O)[O-])ccc1O.O=C(Nc1cc([N+](=O)[O-])ccc1O)Nc1ccccc1-c1ccccc1.O=C(Nc1cccc(-c2ccccc2)c1O)Nc1cccc(Cl)c1Cl. The molecule has 12 N–H and O–H groups in total. The number of nitrogens with one attached hydrogen (secondary N) is 4. The number of carbonyl (C=O) groups excluding carboxylic acids is 4. The van der Waals surface area contributed by atoms with Crippen LogP contribution in [-0.4, -0.2) is 66.4 Å². The first-order chi connectivity index (χ1) is 46.2. The van der Waals surface area contributed by atoms with Crippen molar-refractivity contribution < 1.29 is 72.3 Å². The Kier molecular flexibility index (Phi) is 23.8. The number of phenolic OH excluding ortho intramolecular Hbond substituents is 4. The molecule has 26 nitrogen and oxygen atoms in total. The summed E-state index contributed by atoms with van der Waals surface area (Å²) in [5, 5.41) is 83.5. The van der Waals surface area contributed by atoms with Crippen LogP contribution in [0.4, 0.5) is 94.9 Å². The highest BCUT2D eigenvalue weighted by atomic mass is 35.5. The Bertz CT molecular complexity index is 4560. The summed E-state index contributed by atoms with van der Waals surface area (Å²) in [6.07, 6.45) is -4.66. The number of urea groups is 4. The fraction of sp³-hybridized carbons (Fsp3) is 0.0303. The molecule has 10 aromatic rings. The number of carbonyl (C=O) groups is 4. The predicted molar refractivity (Wildman–Crippen MR) is 359 cm³/mol. The van der Waals surface area contributed by atoms with Crippen molar-refractivity contribution in [2.45, 2.75) is 6.18 Å². The molecule has 0 aromatic heterocycles. The van der Waals surface area contributed by atoms with Crippen LogP contribution in [-0.2, 0) is 6.18 Å². The van der Waals surface area contributed by atoms with Crippen LogP contribution in [0, 0.1) is 30.3 Å². The molecule has 0 unspecified atom stereocenters. The number of non-ortho nitro benzene ring substituents is 3. The first-order valence-electron chi connectivity index (χ1n) is 27.7. The molecular weight excluding hydrogens is 1310 g/mol. The van der Waals surface area contributed by atoms with Crippen molar-refractivity contribution in [3.05, 3.63) is 270 Å². The van der Waals surface area contributed by atoms with Gasteiger partial charge in [-0.2, -0.15) is 13.2 Å². The summed E-state index contributed by atoms with van der Waals surface area (Å²) in [5.41, 5.74) is 12.4. The van der Waals surface area contributed by atoms with Crippen LogP contribution in [0.25, 0.3) is 22.3 Å². The molecule has 0 bridgehead atoms. The van der Waals surface area contributed by atoms with Gasteiger partial charge in [0.25, 0.3) is 17.1 Å². The minimum Gasteiger partial charge on any atom is -0.506 e. The van der Waals surface area contributed by atoms with Crippen LogP contribution in [0.5, 0.6) is 28.7 Å². The minimum atomic E-state index is -4.66. The zero-order valence-electron chi connectivity index (χ0n) is 49.9. The summed E-state index contributed by atoms with van der Waals surface area (Å²) in [4.78, 5) is 80.0. The molecule has 31 heteroatoms. The lowest BCUT2D eigenvalue weighted by molar-refractivity contribution is -0.385. The maximum absolute atomic E-state index is 12.8. The molecule has 0 spiro atoms. The summed E-state index contributed by atoms with van der Waals surface area (Å²) in [6.45, 7) is 0. The quantitative estimate of drug-likeness (QED) is 0.0275.